The quantitative estimate of drug-likeness (QED) is 0.119. The summed E-state index contributed by atoms with van der Waals surface area (Å²) >= 11 is 0. The van der Waals surface area contributed by atoms with E-state index in [1.54, 1.807) is 0 Å². The summed E-state index contributed by atoms with van der Waals surface area (Å²) in [5.74, 6) is 0. The number of fused-ring (bicyclic) bond motifs is 3. The van der Waals surface area contributed by atoms with Gasteiger partial charge in [0.1, 0.15) is 0 Å². The second-order valence-electron chi connectivity index (χ2n) is 15.7. The summed E-state index contributed by atoms with van der Waals surface area (Å²) < 4.78 is 0. The molecule has 274 valence electrons. The second kappa shape index (κ2) is 15.2. The lowest BCUT2D eigenvalue weighted by atomic mass is 9.83. The zero-order valence-corrected chi connectivity index (χ0v) is 32.1. The lowest BCUT2D eigenvalue weighted by molar-refractivity contribution is 0.578. The summed E-state index contributed by atoms with van der Waals surface area (Å²) in [7, 11) is 0. The molecule has 8 aromatic rings. The predicted octanol–water partition coefficient (Wildman–Crippen LogP) is 14.0. The molecule has 0 spiro atoms. The molecule has 0 atom stereocenters. The van der Waals surface area contributed by atoms with E-state index in [4.69, 9.17) is 0 Å². The smallest absolute Gasteiger partial charge is 0.0372 e. The molecule has 2 nitrogen and oxygen atoms in total. The maximum atomic E-state index is 2.61. The number of rotatable bonds is 7. The second-order valence-corrected chi connectivity index (χ2v) is 15.7. The van der Waals surface area contributed by atoms with Crippen LogP contribution in [0.25, 0.3) is 66.2 Å². The Hall–Kier alpha value is -6.12. The molecule has 0 unspecified atom stereocenters. The van der Waals surface area contributed by atoms with Crippen LogP contribution in [0.3, 0.4) is 0 Å². The summed E-state index contributed by atoms with van der Waals surface area (Å²) in [6.07, 6.45) is 10.0. The van der Waals surface area contributed by atoms with Crippen LogP contribution >= 0.6 is 0 Å². The Morgan fingerprint density at radius 1 is 0.393 bits per heavy atom. The molecule has 0 aromatic heterocycles. The Balaban J connectivity index is 1.26. The predicted molar refractivity (Wildman–Crippen MR) is 242 cm³/mol. The molecule has 2 aliphatic heterocycles. The molecule has 0 radical (unpaired) electrons. The molecule has 0 amide bonds. The summed E-state index contributed by atoms with van der Waals surface area (Å²) in [4.78, 5) is 5.22. The van der Waals surface area contributed by atoms with E-state index in [1.807, 2.05) is 0 Å². The molecular weight excluding hydrogens is 677 g/mol. The molecule has 0 aliphatic carbocycles. The van der Waals surface area contributed by atoms with E-state index in [-0.39, 0.29) is 0 Å². The minimum atomic E-state index is 1.12. The third-order valence-electron chi connectivity index (χ3n) is 12.2. The van der Waals surface area contributed by atoms with Crippen molar-refractivity contribution in [3.05, 3.63) is 180 Å². The van der Waals surface area contributed by atoms with Gasteiger partial charge in [-0.1, -0.05) is 133 Å². The Morgan fingerprint density at radius 3 is 1.57 bits per heavy atom. The number of benzene rings is 8. The van der Waals surface area contributed by atoms with Crippen LogP contribution in [-0.4, -0.2) is 26.2 Å². The number of hydrogen-bond acceptors (Lipinski definition) is 2. The van der Waals surface area contributed by atoms with E-state index in [9.17, 15) is 0 Å². The number of hydrogen-bond donors (Lipinski definition) is 0. The number of piperidine rings is 2. The van der Waals surface area contributed by atoms with Gasteiger partial charge in [-0.25, -0.2) is 0 Å². The largest absolute Gasteiger partial charge is 0.372 e. The molecule has 56 heavy (non-hydrogen) atoms. The lowest BCUT2D eigenvalue weighted by Crippen LogP contribution is -2.29. The van der Waals surface area contributed by atoms with Crippen LogP contribution in [0.4, 0.5) is 11.4 Å². The Labute approximate surface area is 331 Å². The van der Waals surface area contributed by atoms with Crippen LogP contribution in [0.2, 0.25) is 0 Å². The maximum Gasteiger partial charge on any atom is 0.0372 e. The van der Waals surface area contributed by atoms with Gasteiger partial charge in [0.05, 0.1) is 0 Å². The van der Waals surface area contributed by atoms with Crippen molar-refractivity contribution in [2.75, 3.05) is 36.0 Å². The van der Waals surface area contributed by atoms with Gasteiger partial charge in [-0.05, 0) is 152 Å². The van der Waals surface area contributed by atoms with Gasteiger partial charge in [-0.15, -0.1) is 0 Å². The van der Waals surface area contributed by atoms with E-state index in [0.717, 1.165) is 26.2 Å². The van der Waals surface area contributed by atoms with Gasteiger partial charge in [0.25, 0.3) is 0 Å². The lowest BCUT2D eigenvalue weighted by Gasteiger charge is -2.30. The average molecular weight is 725 g/mol. The van der Waals surface area contributed by atoms with Crippen molar-refractivity contribution < 1.29 is 0 Å². The first-order valence-electron chi connectivity index (χ1n) is 20.7. The first-order valence-corrected chi connectivity index (χ1v) is 20.7. The third-order valence-corrected chi connectivity index (χ3v) is 12.2. The van der Waals surface area contributed by atoms with Crippen molar-refractivity contribution in [2.45, 2.75) is 38.5 Å². The molecule has 2 fully saturated rings. The summed E-state index contributed by atoms with van der Waals surface area (Å²) in [6, 6.07) is 61.4. The van der Waals surface area contributed by atoms with Crippen LogP contribution < -0.4 is 9.80 Å². The fourth-order valence-corrected chi connectivity index (χ4v) is 9.47. The highest BCUT2D eigenvalue weighted by Crippen LogP contribution is 2.47. The standard InChI is InChI=1S/C54H48N2/c1-5-18-41(19-6-1)50(42-20-7-2-8-21-42)36-39-17-15-24-43(35-39)53-48-29-27-45(56-33-13-4-14-34-56)38-52(48)54(47-26-16-23-40-22-9-10-25-46(40)47)49-30-28-44(37-51(49)53)55-31-11-3-12-32-55/h1-2,5-10,15-30,35-38H,3-4,11-14,31-34H2. The minimum Gasteiger partial charge on any atom is -0.372 e. The van der Waals surface area contributed by atoms with Gasteiger partial charge in [0, 0.05) is 37.6 Å². The Morgan fingerprint density at radius 2 is 0.929 bits per heavy atom. The van der Waals surface area contributed by atoms with Gasteiger partial charge >= 0.3 is 0 Å². The topological polar surface area (TPSA) is 6.48 Å². The van der Waals surface area contributed by atoms with E-state index < -0.39 is 0 Å². The Bertz CT molecular complexity index is 2650. The van der Waals surface area contributed by atoms with Gasteiger partial charge in [0.2, 0.25) is 0 Å². The van der Waals surface area contributed by atoms with E-state index in [0.29, 0.717) is 0 Å². The van der Waals surface area contributed by atoms with Crippen LogP contribution in [0, 0.1) is 0 Å². The molecule has 10 rings (SSSR count). The van der Waals surface area contributed by atoms with Gasteiger partial charge < -0.3 is 9.80 Å². The molecule has 2 aliphatic rings. The van der Waals surface area contributed by atoms with Crippen molar-refractivity contribution in [2.24, 2.45) is 0 Å². The molecular formula is C54H48N2. The van der Waals surface area contributed by atoms with Gasteiger partial charge in [-0.2, -0.15) is 0 Å². The highest BCUT2D eigenvalue weighted by molar-refractivity contribution is 6.24. The SMILES string of the molecule is C(=C(c1ccccc1)c1ccccc1)c1cccc(-c2c3cc(N4CCCCC4)ccc3c(-c3cccc4ccccc34)c3cc(N4CCCCC4)ccc23)c1. The van der Waals surface area contributed by atoms with Crippen molar-refractivity contribution in [3.8, 4) is 22.3 Å². The monoisotopic (exact) mass is 724 g/mol. The maximum absolute atomic E-state index is 2.61. The van der Waals surface area contributed by atoms with E-state index >= 15 is 0 Å². The third kappa shape index (κ3) is 6.54. The summed E-state index contributed by atoms with van der Waals surface area (Å²) in [5.41, 5.74) is 12.7. The van der Waals surface area contributed by atoms with Crippen molar-refractivity contribution in [1.29, 1.82) is 0 Å². The molecule has 0 saturated carbocycles. The summed E-state index contributed by atoms with van der Waals surface area (Å²) in [5, 5.41) is 7.85. The summed E-state index contributed by atoms with van der Waals surface area (Å²) in [6.45, 7) is 4.47. The molecule has 0 N–H and O–H groups in total. The van der Waals surface area contributed by atoms with E-state index in [2.05, 4.69) is 180 Å². The number of nitrogens with zero attached hydrogens (tertiary/aromatic N) is 2. The zero-order valence-electron chi connectivity index (χ0n) is 32.1. The molecule has 2 heteroatoms. The highest BCUT2D eigenvalue weighted by atomic mass is 15.1. The van der Waals surface area contributed by atoms with Crippen molar-refractivity contribution >= 4 is 55.3 Å². The van der Waals surface area contributed by atoms with Gasteiger partial charge in [-0.3, -0.25) is 0 Å². The van der Waals surface area contributed by atoms with E-state index in [1.165, 1.54) is 127 Å². The van der Waals surface area contributed by atoms with Gasteiger partial charge in [0.15, 0.2) is 0 Å². The fraction of sp³-hybridized carbons (Fsp3) is 0.185. The average Bonchev–Trinajstić information content (AvgIpc) is 3.28. The zero-order chi connectivity index (χ0) is 37.3. The van der Waals surface area contributed by atoms with Crippen LogP contribution in [0.5, 0.6) is 0 Å². The fourth-order valence-electron chi connectivity index (χ4n) is 9.47. The van der Waals surface area contributed by atoms with Crippen LogP contribution in [0.15, 0.2) is 164 Å². The van der Waals surface area contributed by atoms with Crippen LogP contribution in [-0.2, 0) is 0 Å². The minimum absolute atomic E-state index is 1.12. The molecule has 2 heterocycles. The number of anilines is 2. The van der Waals surface area contributed by atoms with Crippen molar-refractivity contribution in [1.82, 2.24) is 0 Å². The first kappa shape index (κ1) is 34.4. The molecule has 8 aromatic carbocycles. The first-order chi connectivity index (χ1) is 27.8. The van der Waals surface area contributed by atoms with Crippen molar-refractivity contribution in [3.63, 3.8) is 0 Å². The molecule has 2 saturated heterocycles. The normalized spacial score (nSPS) is 14.7. The molecule has 0 bridgehead atoms. The highest BCUT2D eigenvalue weighted by Gasteiger charge is 2.22. The van der Waals surface area contributed by atoms with Crippen LogP contribution in [0.1, 0.15) is 55.2 Å². The Kier molecular flexibility index (Phi) is 9.33.